The van der Waals surface area contributed by atoms with Crippen LogP contribution in [-0.4, -0.2) is 23.4 Å². The smallest absolute Gasteiger partial charge is 0.233 e. The molecule has 0 aliphatic rings. The number of nitrogens with zero attached hydrogens (tertiary/aromatic N) is 2. The summed E-state index contributed by atoms with van der Waals surface area (Å²) in [6.45, 7) is 0.364. The van der Waals surface area contributed by atoms with E-state index in [-0.39, 0.29) is 5.91 Å². The number of anilines is 1. The number of para-hydroxylation sites is 1. The predicted octanol–water partition coefficient (Wildman–Crippen LogP) is 6.11. The number of benzene rings is 2. The minimum Gasteiger partial charge on any atom is -0.467 e. The van der Waals surface area contributed by atoms with Gasteiger partial charge in [-0.25, -0.2) is 4.98 Å². The maximum atomic E-state index is 13.3. The third-order valence-corrected chi connectivity index (χ3v) is 7.09. The molecular formula is C22H20N2O2S3. The summed E-state index contributed by atoms with van der Waals surface area (Å²) in [5, 5.41) is 0.698. The number of aromatic nitrogens is 1. The van der Waals surface area contributed by atoms with Crippen LogP contribution in [0.15, 0.2) is 75.1 Å². The molecule has 0 aliphatic heterocycles. The van der Waals surface area contributed by atoms with Crippen LogP contribution in [0.2, 0.25) is 0 Å². The first-order valence-electron chi connectivity index (χ1n) is 9.07. The van der Waals surface area contributed by atoms with E-state index in [1.54, 1.807) is 34.7 Å². The van der Waals surface area contributed by atoms with Gasteiger partial charge in [0, 0.05) is 9.79 Å². The maximum absolute atomic E-state index is 13.3. The zero-order chi connectivity index (χ0) is 20.2. The zero-order valence-electron chi connectivity index (χ0n) is 16.1. The molecule has 1 amide bonds. The molecule has 0 saturated carbocycles. The summed E-state index contributed by atoms with van der Waals surface area (Å²) >= 11 is 4.89. The molecule has 148 valence electrons. The van der Waals surface area contributed by atoms with Crippen molar-refractivity contribution >= 4 is 56.1 Å². The molecule has 0 aliphatic carbocycles. The standard InChI is InChI=1S/C22H20N2O2S3/c1-27-17-10-8-15(9-11-17)13-20(25)24(14-16-5-4-12-26-16)22-23-21-18(28-2)6-3-7-19(21)29-22/h3-12H,13-14H2,1-2H3. The summed E-state index contributed by atoms with van der Waals surface area (Å²) in [4.78, 5) is 22.1. The fourth-order valence-electron chi connectivity index (χ4n) is 3.03. The lowest BCUT2D eigenvalue weighted by Crippen LogP contribution is -2.31. The molecule has 0 spiro atoms. The highest BCUT2D eigenvalue weighted by atomic mass is 32.2. The molecule has 0 radical (unpaired) electrons. The van der Waals surface area contributed by atoms with Crippen LogP contribution in [0, 0.1) is 0 Å². The summed E-state index contributed by atoms with van der Waals surface area (Å²) in [5.41, 5.74) is 1.93. The highest BCUT2D eigenvalue weighted by molar-refractivity contribution is 7.99. The molecule has 0 fully saturated rings. The average Bonchev–Trinajstić information content (AvgIpc) is 3.41. The molecular weight excluding hydrogens is 420 g/mol. The van der Waals surface area contributed by atoms with E-state index in [9.17, 15) is 4.79 Å². The van der Waals surface area contributed by atoms with Crippen LogP contribution in [0.5, 0.6) is 0 Å². The van der Waals surface area contributed by atoms with Crippen molar-refractivity contribution in [2.45, 2.75) is 22.8 Å². The quantitative estimate of drug-likeness (QED) is 0.325. The lowest BCUT2D eigenvalue weighted by Gasteiger charge is -2.19. The molecule has 2 aromatic heterocycles. The SMILES string of the molecule is CSc1ccc(CC(=O)N(Cc2ccco2)c2nc3c(SC)cccc3s2)cc1. The fourth-order valence-corrected chi connectivity index (χ4v) is 5.07. The Hall–Kier alpha value is -2.22. The van der Waals surface area contributed by atoms with Gasteiger partial charge in [-0.1, -0.05) is 29.5 Å². The van der Waals surface area contributed by atoms with Crippen LogP contribution in [0.4, 0.5) is 5.13 Å². The topological polar surface area (TPSA) is 46.3 Å². The Morgan fingerprint density at radius 1 is 1.07 bits per heavy atom. The monoisotopic (exact) mass is 440 g/mol. The number of fused-ring (bicyclic) bond motifs is 1. The molecule has 0 unspecified atom stereocenters. The van der Waals surface area contributed by atoms with Gasteiger partial charge in [-0.05, 0) is 54.5 Å². The van der Waals surface area contributed by atoms with Crippen molar-refractivity contribution < 1.29 is 9.21 Å². The van der Waals surface area contributed by atoms with Crippen LogP contribution in [0.3, 0.4) is 0 Å². The first-order valence-corrected chi connectivity index (χ1v) is 12.3. The highest BCUT2D eigenvalue weighted by Gasteiger charge is 2.22. The zero-order valence-corrected chi connectivity index (χ0v) is 18.6. The lowest BCUT2D eigenvalue weighted by molar-refractivity contribution is -0.118. The predicted molar refractivity (Wildman–Crippen MR) is 123 cm³/mol. The molecule has 4 nitrogen and oxygen atoms in total. The van der Waals surface area contributed by atoms with Crippen molar-refractivity contribution in [2.24, 2.45) is 0 Å². The van der Waals surface area contributed by atoms with Crippen LogP contribution in [0.25, 0.3) is 10.2 Å². The molecule has 7 heteroatoms. The van der Waals surface area contributed by atoms with Crippen LogP contribution < -0.4 is 4.90 Å². The summed E-state index contributed by atoms with van der Waals surface area (Å²) in [6, 6.07) is 18.0. The molecule has 0 saturated heterocycles. The van der Waals surface area contributed by atoms with Gasteiger partial charge in [-0.15, -0.1) is 23.5 Å². The van der Waals surface area contributed by atoms with Crippen LogP contribution in [0.1, 0.15) is 11.3 Å². The summed E-state index contributed by atoms with van der Waals surface area (Å²) < 4.78 is 6.59. The first-order chi connectivity index (χ1) is 14.2. The molecule has 0 bridgehead atoms. The number of thiazole rings is 1. The number of hydrogen-bond acceptors (Lipinski definition) is 6. The van der Waals surface area contributed by atoms with E-state index in [2.05, 4.69) is 6.07 Å². The van der Waals surface area contributed by atoms with Gasteiger partial charge in [-0.3, -0.25) is 9.69 Å². The Kier molecular flexibility index (Phi) is 6.28. The van der Waals surface area contributed by atoms with Crippen molar-refractivity contribution in [3.05, 3.63) is 72.2 Å². The van der Waals surface area contributed by atoms with Gasteiger partial charge < -0.3 is 4.42 Å². The number of thioether (sulfide) groups is 2. The van der Waals surface area contributed by atoms with Crippen molar-refractivity contribution in [3.8, 4) is 0 Å². The minimum absolute atomic E-state index is 0.00283. The van der Waals surface area contributed by atoms with Gasteiger partial charge in [0.15, 0.2) is 5.13 Å². The van der Waals surface area contributed by atoms with Gasteiger partial charge in [-0.2, -0.15) is 0 Å². The Morgan fingerprint density at radius 2 is 1.90 bits per heavy atom. The minimum atomic E-state index is 0.00283. The lowest BCUT2D eigenvalue weighted by atomic mass is 10.1. The molecule has 2 heterocycles. The molecule has 4 rings (SSSR count). The van der Waals surface area contributed by atoms with Crippen LogP contribution in [-0.2, 0) is 17.8 Å². The Balaban J connectivity index is 1.66. The van der Waals surface area contributed by atoms with Gasteiger partial charge in [0.1, 0.15) is 5.76 Å². The second-order valence-corrected chi connectivity index (χ2v) is 9.12. The number of furan rings is 1. The van der Waals surface area contributed by atoms with Crippen molar-refractivity contribution in [3.63, 3.8) is 0 Å². The highest BCUT2D eigenvalue weighted by Crippen LogP contribution is 2.35. The van der Waals surface area contributed by atoms with E-state index in [1.807, 2.05) is 61.0 Å². The van der Waals surface area contributed by atoms with Crippen LogP contribution >= 0.6 is 34.9 Å². The first kappa shape index (κ1) is 20.1. The Bertz CT molecular complexity index is 1110. The normalized spacial score (nSPS) is 11.1. The Morgan fingerprint density at radius 3 is 2.59 bits per heavy atom. The number of hydrogen-bond donors (Lipinski definition) is 0. The van der Waals surface area contributed by atoms with E-state index in [1.165, 1.54) is 16.2 Å². The van der Waals surface area contributed by atoms with Gasteiger partial charge in [0.25, 0.3) is 0 Å². The van der Waals surface area contributed by atoms with E-state index >= 15 is 0 Å². The number of carbonyl (C=O) groups is 1. The third kappa shape index (κ3) is 4.52. The van der Waals surface area contributed by atoms with Gasteiger partial charge in [0.05, 0.1) is 29.4 Å². The third-order valence-electron chi connectivity index (χ3n) is 4.53. The summed E-state index contributed by atoms with van der Waals surface area (Å²) in [5.74, 6) is 0.739. The van der Waals surface area contributed by atoms with Gasteiger partial charge >= 0.3 is 0 Å². The largest absolute Gasteiger partial charge is 0.467 e. The van der Waals surface area contributed by atoms with Crippen molar-refractivity contribution in [1.29, 1.82) is 0 Å². The van der Waals surface area contributed by atoms with Gasteiger partial charge in [0.2, 0.25) is 5.91 Å². The Labute approximate surface area is 182 Å². The van der Waals surface area contributed by atoms with E-state index < -0.39 is 0 Å². The second-order valence-electron chi connectivity index (χ2n) is 6.39. The molecule has 4 aromatic rings. The molecule has 0 N–H and O–H groups in total. The number of rotatable bonds is 7. The number of amides is 1. The van der Waals surface area contributed by atoms with Crippen molar-refractivity contribution in [2.75, 3.05) is 17.4 Å². The molecule has 0 atom stereocenters. The summed E-state index contributed by atoms with van der Waals surface area (Å²) in [7, 11) is 0. The maximum Gasteiger partial charge on any atom is 0.233 e. The number of carbonyl (C=O) groups excluding carboxylic acids is 1. The summed E-state index contributed by atoms with van der Waals surface area (Å²) in [6.07, 6.45) is 6.03. The van der Waals surface area contributed by atoms with E-state index in [0.717, 1.165) is 26.4 Å². The average molecular weight is 441 g/mol. The van der Waals surface area contributed by atoms with Crippen molar-refractivity contribution in [1.82, 2.24) is 4.98 Å². The van der Waals surface area contributed by atoms with E-state index in [4.69, 9.17) is 9.40 Å². The molecule has 2 aromatic carbocycles. The fraction of sp³-hybridized carbons (Fsp3) is 0.182. The molecule has 29 heavy (non-hydrogen) atoms. The second kappa shape index (κ2) is 9.07. The van der Waals surface area contributed by atoms with E-state index in [0.29, 0.717) is 18.1 Å².